The van der Waals surface area contributed by atoms with Gasteiger partial charge in [0, 0.05) is 23.4 Å². The lowest BCUT2D eigenvalue weighted by atomic mass is 9.99. The third kappa shape index (κ3) is 3.60. The van der Waals surface area contributed by atoms with Crippen LogP contribution < -0.4 is 0 Å². The van der Waals surface area contributed by atoms with Crippen LogP contribution in [0.5, 0.6) is 0 Å². The zero-order chi connectivity index (χ0) is 14.9. The molecule has 5 heteroatoms. The molecule has 108 valence electrons. The van der Waals surface area contributed by atoms with Crippen LogP contribution >= 0.6 is 15.9 Å². The van der Waals surface area contributed by atoms with Crippen LogP contribution in [0.25, 0.3) is 0 Å². The van der Waals surface area contributed by atoms with Gasteiger partial charge in [-0.25, -0.2) is 9.69 Å². The van der Waals surface area contributed by atoms with E-state index >= 15 is 0 Å². The number of carbonyl (C=O) groups is 2. The smallest absolute Gasteiger partial charge is 0.417 e. The van der Waals surface area contributed by atoms with Crippen molar-refractivity contribution in [3.63, 3.8) is 0 Å². The number of ether oxygens (including phenoxy) is 1. The number of rotatable bonds is 1. The van der Waals surface area contributed by atoms with Gasteiger partial charge in [-0.15, -0.1) is 0 Å². The van der Waals surface area contributed by atoms with Gasteiger partial charge >= 0.3 is 6.09 Å². The molecule has 20 heavy (non-hydrogen) atoms. The van der Waals surface area contributed by atoms with E-state index in [4.69, 9.17) is 4.74 Å². The standard InChI is InChI=1S/C15H18BrNO3/c1-15(2,3)20-14(19)17-9-11(8-13(17)18)10-4-6-12(16)7-5-10/h4-7,11H,8-9H2,1-3H3/t11-/m0/s1. The minimum absolute atomic E-state index is 0.0446. The molecule has 2 amide bonds. The maximum atomic E-state index is 12.0. The Morgan fingerprint density at radius 1 is 1.30 bits per heavy atom. The van der Waals surface area contributed by atoms with E-state index in [-0.39, 0.29) is 11.8 Å². The summed E-state index contributed by atoms with van der Waals surface area (Å²) < 4.78 is 6.25. The molecule has 0 saturated carbocycles. The average molecular weight is 340 g/mol. The Kier molecular flexibility index (Phi) is 4.18. The lowest BCUT2D eigenvalue weighted by molar-refractivity contribution is -0.126. The van der Waals surface area contributed by atoms with Gasteiger partial charge in [0.15, 0.2) is 0 Å². The number of halogens is 1. The van der Waals surface area contributed by atoms with E-state index in [0.717, 1.165) is 10.0 Å². The van der Waals surface area contributed by atoms with E-state index in [0.29, 0.717) is 13.0 Å². The van der Waals surface area contributed by atoms with Crippen molar-refractivity contribution in [3.8, 4) is 0 Å². The summed E-state index contributed by atoms with van der Waals surface area (Å²) in [5, 5.41) is 0. The van der Waals surface area contributed by atoms with Crippen LogP contribution in [0, 0.1) is 0 Å². The number of amides is 2. The van der Waals surface area contributed by atoms with Gasteiger partial charge in [0.2, 0.25) is 5.91 Å². The molecule has 1 aliphatic rings. The summed E-state index contributed by atoms with van der Waals surface area (Å²) >= 11 is 3.38. The molecule has 0 unspecified atom stereocenters. The van der Waals surface area contributed by atoms with E-state index in [1.54, 1.807) is 20.8 Å². The summed E-state index contributed by atoms with van der Waals surface area (Å²) in [7, 11) is 0. The van der Waals surface area contributed by atoms with Crippen LogP contribution in [-0.2, 0) is 9.53 Å². The molecule has 0 bridgehead atoms. The maximum Gasteiger partial charge on any atom is 0.417 e. The molecule has 0 aromatic heterocycles. The second kappa shape index (κ2) is 5.56. The second-order valence-electron chi connectivity index (χ2n) is 5.94. The van der Waals surface area contributed by atoms with Gasteiger partial charge in [-0.3, -0.25) is 4.79 Å². The molecular formula is C15H18BrNO3. The maximum absolute atomic E-state index is 12.0. The molecule has 2 rings (SSSR count). The van der Waals surface area contributed by atoms with Gasteiger partial charge in [-0.2, -0.15) is 0 Å². The van der Waals surface area contributed by atoms with Crippen molar-refractivity contribution in [1.29, 1.82) is 0 Å². The Bertz CT molecular complexity index is 519. The van der Waals surface area contributed by atoms with Gasteiger partial charge < -0.3 is 4.74 Å². The molecule has 1 aromatic rings. The van der Waals surface area contributed by atoms with E-state index in [2.05, 4.69) is 15.9 Å². The van der Waals surface area contributed by atoms with Crippen LogP contribution in [0.2, 0.25) is 0 Å². The number of likely N-dealkylation sites (tertiary alicyclic amines) is 1. The molecule has 4 nitrogen and oxygen atoms in total. The Morgan fingerprint density at radius 2 is 1.90 bits per heavy atom. The first kappa shape index (κ1) is 15.0. The molecule has 0 spiro atoms. The lowest BCUT2D eigenvalue weighted by Crippen LogP contribution is -2.37. The van der Waals surface area contributed by atoms with Crippen molar-refractivity contribution in [3.05, 3.63) is 34.3 Å². The molecule has 0 N–H and O–H groups in total. The molecule has 1 saturated heterocycles. The highest BCUT2D eigenvalue weighted by Crippen LogP contribution is 2.30. The monoisotopic (exact) mass is 339 g/mol. The number of hydrogen-bond acceptors (Lipinski definition) is 3. The number of imide groups is 1. The molecule has 1 aliphatic heterocycles. The first-order chi connectivity index (χ1) is 9.26. The quantitative estimate of drug-likeness (QED) is 0.783. The van der Waals surface area contributed by atoms with Crippen LogP contribution in [0.15, 0.2) is 28.7 Å². The summed E-state index contributed by atoms with van der Waals surface area (Å²) in [4.78, 5) is 25.2. The molecule has 0 aliphatic carbocycles. The van der Waals surface area contributed by atoms with E-state index < -0.39 is 11.7 Å². The minimum Gasteiger partial charge on any atom is -0.443 e. The van der Waals surface area contributed by atoms with Crippen molar-refractivity contribution in [1.82, 2.24) is 4.90 Å². The molecule has 1 atom stereocenters. The summed E-state index contributed by atoms with van der Waals surface area (Å²) in [6.07, 6.45) is -0.206. The van der Waals surface area contributed by atoms with Gasteiger partial charge in [-0.05, 0) is 38.5 Å². The number of nitrogens with zero attached hydrogens (tertiary/aromatic N) is 1. The highest BCUT2D eigenvalue weighted by atomic mass is 79.9. The molecule has 1 heterocycles. The predicted molar refractivity (Wildman–Crippen MR) is 79.4 cm³/mol. The summed E-state index contributed by atoms with van der Waals surface area (Å²) in [6, 6.07) is 7.83. The Hall–Kier alpha value is -1.36. The van der Waals surface area contributed by atoms with E-state index in [9.17, 15) is 9.59 Å². The lowest BCUT2D eigenvalue weighted by Gasteiger charge is -2.23. The fourth-order valence-corrected chi connectivity index (χ4v) is 2.42. The van der Waals surface area contributed by atoms with Crippen LogP contribution in [-0.4, -0.2) is 29.0 Å². The fraction of sp³-hybridized carbons (Fsp3) is 0.467. The third-order valence-electron chi connectivity index (χ3n) is 3.08. The summed E-state index contributed by atoms with van der Waals surface area (Å²) in [5.74, 6) is -0.129. The normalized spacial score (nSPS) is 19.3. The summed E-state index contributed by atoms with van der Waals surface area (Å²) in [6.45, 7) is 5.75. The Labute approximate surface area is 127 Å². The topological polar surface area (TPSA) is 46.6 Å². The molecule has 1 fully saturated rings. The van der Waals surface area contributed by atoms with Crippen molar-refractivity contribution in [2.75, 3.05) is 6.54 Å². The highest BCUT2D eigenvalue weighted by molar-refractivity contribution is 9.10. The van der Waals surface area contributed by atoms with Crippen LogP contribution in [0.3, 0.4) is 0 Å². The van der Waals surface area contributed by atoms with Crippen molar-refractivity contribution in [2.45, 2.75) is 38.7 Å². The molecule has 0 radical (unpaired) electrons. The van der Waals surface area contributed by atoms with Crippen molar-refractivity contribution < 1.29 is 14.3 Å². The SMILES string of the molecule is CC(C)(C)OC(=O)N1C[C@@H](c2ccc(Br)cc2)CC1=O. The average Bonchev–Trinajstić information content (AvgIpc) is 2.70. The number of hydrogen-bond donors (Lipinski definition) is 0. The largest absolute Gasteiger partial charge is 0.443 e. The van der Waals surface area contributed by atoms with Crippen molar-refractivity contribution in [2.24, 2.45) is 0 Å². The van der Waals surface area contributed by atoms with Crippen LogP contribution in [0.1, 0.15) is 38.7 Å². The summed E-state index contributed by atoms with van der Waals surface area (Å²) in [5.41, 5.74) is 0.472. The second-order valence-corrected chi connectivity index (χ2v) is 6.85. The van der Waals surface area contributed by atoms with Crippen molar-refractivity contribution >= 4 is 27.9 Å². The van der Waals surface area contributed by atoms with E-state index in [1.165, 1.54) is 4.90 Å². The zero-order valence-corrected chi connectivity index (χ0v) is 13.4. The van der Waals surface area contributed by atoms with E-state index in [1.807, 2.05) is 24.3 Å². The Balaban J connectivity index is 2.07. The van der Waals surface area contributed by atoms with Gasteiger partial charge in [0.25, 0.3) is 0 Å². The predicted octanol–water partition coefficient (Wildman–Crippen LogP) is 3.70. The van der Waals surface area contributed by atoms with Gasteiger partial charge in [0.05, 0.1) is 0 Å². The molecular weight excluding hydrogens is 322 g/mol. The van der Waals surface area contributed by atoms with Gasteiger partial charge in [-0.1, -0.05) is 28.1 Å². The minimum atomic E-state index is -0.590. The first-order valence-electron chi connectivity index (χ1n) is 6.55. The third-order valence-corrected chi connectivity index (χ3v) is 3.61. The van der Waals surface area contributed by atoms with Gasteiger partial charge in [0.1, 0.15) is 5.60 Å². The molecule has 1 aromatic carbocycles. The fourth-order valence-electron chi connectivity index (χ4n) is 2.16. The Morgan fingerprint density at radius 3 is 2.45 bits per heavy atom. The number of carbonyl (C=O) groups excluding carboxylic acids is 2. The highest BCUT2D eigenvalue weighted by Gasteiger charge is 2.36. The zero-order valence-electron chi connectivity index (χ0n) is 11.9. The first-order valence-corrected chi connectivity index (χ1v) is 7.34. The van der Waals surface area contributed by atoms with Crippen LogP contribution in [0.4, 0.5) is 4.79 Å². The number of benzene rings is 1.